The standard InChI is InChI=1S/C22H30F3N3O6/c23-22(24,25)34-11-16(29)15(9-12-6-7-27-18(12)30)21(20(26)32)14-4-1-3-13(14)10-28(21)19(31)17-5-2-8-33-17/h12-15,17H,1-11H2,(H2,26,32)(H,27,30)/t12-,13?,14?,15-,17-,21?/m1/s1. The summed E-state index contributed by atoms with van der Waals surface area (Å²) in [6, 6.07) is 0. The largest absolute Gasteiger partial charge is 0.522 e. The van der Waals surface area contributed by atoms with E-state index in [0.717, 1.165) is 6.42 Å². The molecule has 190 valence electrons. The number of ether oxygens (including phenoxy) is 2. The molecule has 1 aliphatic carbocycles. The van der Waals surface area contributed by atoms with E-state index >= 15 is 0 Å². The fourth-order valence-electron chi connectivity index (χ4n) is 6.54. The summed E-state index contributed by atoms with van der Waals surface area (Å²) in [5.41, 5.74) is 4.12. The first-order valence-electron chi connectivity index (χ1n) is 11.8. The Morgan fingerprint density at radius 3 is 2.56 bits per heavy atom. The molecule has 9 nitrogen and oxygen atoms in total. The second kappa shape index (κ2) is 9.44. The average molecular weight is 489 g/mol. The molecule has 0 aromatic heterocycles. The summed E-state index contributed by atoms with van der Waals surface area (Å²) in [6.07, 6.45) is -2.61. The number of carbonyl (C=O) groups is 4. The number of halogens is 3. The molecule has 1 saturated carbocycles. The van der Waals surface area contributed by atoms with Crippen LogP contribution in [0.15, 0.2) is 0 Å². The monoisotopic (exact) mass is 489 g/mol. The minimum Gasteiger partial charge on any atom is -0.368 e. The summed E-state index contributed by atoms with van der Waals surface area (Å²) < 4.78 is 47.7. The van der Waals surface area contributed by atoms with Crippen molar-refractivity contribution in [2.45, 2.75) is 63.0 Å². The van der Waals surface area contributed by atoms with Gasteiger partial charge in [-0.3, -0.25) is 23.9 Å². The van der Waals surface area contributed by atoms with Crippen LogP contribution in [0.5, 0.6) is 0 Å². The van der Waals surface area contributed by atoms with Crippen molar-refractivity contribution in [3.63, 3.8) is 0 Å². The van der Waals surface area contributed by atoms with Crippen molar-refractivity contribution in [3.8, 4) is 0 Å². The van der Waals surface area contributed by atoms with Crippen LogP contribution in [0.2, 0.25) is 0 Å². The maximum atomic E-state index is 13.5. The van der Waals surface area contributed by atoms with E-state index in [-0.39, 0.29) is 24.8 Å². The van der Waals surface area contributed by atoms with Gasteiger partial charge in [-0.1, -0.05) is 6.42 Å². The van der Waals surface area contributed by atoms with Crippen molar-refractivity contribution in [1.29, 1.82) is 0 Å². The highest BCUT2D eigenvalue weighted by atomic mass is 19.4. The number of nitrogens with two attached hydrogens (primary N) is 1. The Kier molecular flexibility index (Phi) is 6.92. The van der Waals surface area contributed by atoms with Crippen molar-refractivity contribution in [2.75, 3.05) is 26.3 Å². The van der Waals surface area contributed by atoms with E-state index < -0.39 is 60.0 Å². The highest BCUT2D eigenvalue weighted by Crippen LogP contribution is 2.54. The fourth-order valence-corrected chi connectivity index (χ4v) is 6.54. The summed E-state index contributed by atoms with van der Waals surface area (Å²) in [4.78, 5) is 53.8. The molecule has 0 aromatic rings. The van der Waals surface area contributed by atoms with Crippen LogP contribution in [0.4, 0.5) is 13.2 Å². The van der Waals surface area contributed by atoms with Crippen molar-refractivity contribution in [1.82, 2.24) is 10.2 Å². The number of nitrogens with one attached hydrogen (secondary N) is 1. The molecular formula is C22H30F3N3O6. The Labute approximate surface area is 194 Å². The molecule has 4 rings (SSSR count). The molecule has 34 heavy (non-hydrogen) atoms. The van der Waals surface area contributed by atoms with Crippen molar-refractivity contribution in [3.05, 3.63) is 0 Å². The van der Waals surface area contributed by atoms with Crippen LogP contribution in [0.25, 0.3) is 0 Å². The molecule has 3 saturated heterocycles. The van der Waals surface area contributed by atoms with Crippen molar-refractivity contribution >= 4 is 23.5 Å². The van der Waals surface area contributed by atoms with Gasteiger partial charge in [-0.2, -0.15) is 0 Å². The van der Waals surface area contributed by atoms with Gasteiger partial charge in [-0.05, 0) is 50.4 Å². The molecule has 12 heteroatoms. The minimum absolute atomic E-state index is 0.117. The summed E-state index contributed by atoms with van der Waals surface area (Å²) in [5.74, 6) is -5.43. The number of carbonyl (C=O) groups excluding carboxylic acids is 4. The number of fused-ring (bicyclic) bond motifs is 1. The second-order valence-corrected chi connectivity index (χ2v) is 9.70. The number of alkyl halides is 3. The van der Waals surface area contributed by atoms with E-state index in [1.54, 1.807) is 0 Å². The minimum atomic E-state index is -5.05. The van der Waals surface area contributed by atoms with Gasteiger partial charge >= 0.3 is 6.36 Å². The summed E-state index contributed by atoms with van der Waals surface area (Å²) in [5, 5.41) is 2.65. The number of rotatable bonds is 8. The molecule has 0 bridgehead atoms. The number of nitrogens with zero attached hydrogens (tertiary/aromatic N) is 1. The molecule has 0 radical (unpaired) electrons. The quantitative estimate of drug-likeness (QED) is 0.521. The van der Waals surface area contributed by atoms with E-state index in [0.29, 0.717) is 45.3 Å². The van der Waals surface area contributed by atoms with Crippen LogP contribution < -0.4 is 11.1 Å². The van der Waals surface area contributed by atoms with Crippen LogP contribution in [0.3, 0.4) is 0 Å². The zero-order valence-electron chi connectivity index (χ0n) is 18.8. The molecule has 3 amide bonds. The lowest BCUT2D eigenvalue weighted by Gasteiger charge is -2.45. The van der Waals surface area contributed by atoms with Gasteiger partial charge in [-0.25, -0.2) is 0 Å². The van der Waals surface area contributed by atoms with Crippen LogP contribution in [-0.2, 0) is 28.7 Å². The van der Waals surface area contributed by atoms with E-state index in [2.05, 4.69) is 10.1 Å². The average Bonchev–Trinajstić information content (AvgIpc) is 3.54. The van der Waals surface area contributed by atoms with E-state index in [1.165, 1.54) is 4.90 Å². The maximum absolute atomic E-state index is 13.5. The van der Waals surface area contributed by atoms with Gasteiger partial charge in [0, 0.05) is 25.6 Å². The summed E-state index contributed by atoms with van der Waals surface area (Å²) >= 11 is 0. The Morgan fingerprint density at radius 2 is 1.97 bits per heavy atom. The third-order valence-corrected chi connectivity index (χ3v) is 7.93. The third kappa shape index (κ3) is 4.41. The Balaban J connectivity index is 1.76. The normalized spacial score (nSPS) is 34.2. The maximum Gasteiger partial charge on any atom is 0.522 e. The number of hydrogen-bond acceptors (Lipinski definition) is 6. The predicted molar refractivity (Wildman–Crippen MR) is 110 cm³/mol. The van der Waals surface area contributed by atoms with Crippen LogP contribution in [0.1, 0.15) is 44.9 Å². The smallest absolute Gasteiger partial charge is 0.368 e. The van der Waals surface area contributed by atoms with Crippen LogP contribution >= 0.6 is 0 Å². The summed E-state index contributed by atoms with van der Waals surface area (Å²) in [6.45, 7) is -0.410. The predicted octanol–water partition coefficient (Wildman–Crippen LogP) is 0.896. The van der Waals surface area contributed by atoms with Gasteiger partial charge < -0.3 is 20.7 Å². The van der Waals surface area contributed by atoms with Gasteiger partial charge in [0.15, 0.2) is 5.78 Å². The molecule has 0 spiro atoms. The highest BCUT2D eigenvalue weighted by Gasteiger charge is 2.66. The number of primary amides is 1. The van der Waals surface area contributed by atoms with Gasteiger partial charge in [0.05, 0.1) is 5.92 Å². The molecule has 4 aliphatic rings. The number of ketones is 1. The molecule has 3 aliphatic heterocycles. The summed E-state index contributed by atoms with van der Waals surface area (Å²) in [7, 11) is 0. The molecular weight excluding hydrogens is 459 g/mol. The number of Topliss-reactive ketones (excluding diaryl/α,β-unsaturated/α-hetero) is 1. The zero-order valence-corrected chi connectivity index (χ0v) is 18.8. The SMILES string of the molecule is NC(=O)C1([C@H](C[C@H]2CCNC2=O)C(=O)COC(F)(F)F)C2CCCC2CN1C(=O)[C@H]1CCCO1. The Morgan fingerprint density at radius 1 is 1.21 bits per heavy atom. The number of hydrogen-bond donors (Lipinski definition) is 2. The first-order chi connectivity index (χ1) is 16.1. The molecule has 0 aromatic carbocycles. The molecule has 4 fully saturated rings. The van der Waals surface area contributed by atoms with Gasteiger partial charge in [0.2, 0.25) is 11.8 Å². The van der Waals surface area contributed by atoms with Crippen LogP contribution in [-0.4, -0.2) is 72.7 Å². The number of amides is 3. The third-order valence-electron chi connectivity index (χ3n) is 7.93. The van der Waals surface area contributed by atoms with Gasteiger partial charge in [-0.15, -0.1) is 13.2 Å². The van der Waals surface area contributed by atoms with Crippen molar-refractivity contribution in [2.24, 2.45) is 29.4 Å². The Bertz CT molecular complexity index is 846. The zero-order chi connectivity index (χ0) is 24.7. The van der Waals surface area contributed by atoms with E-state index in [4.69, 9.17) is 10.5 Å². The lowest BCUT2D eigenvalue weighted by Crippen LogP contribution is -2.67. The lowest BCUT2D eigenvalue weighted by atomic mass is 9.67. The molecule has 6 atom stereocenters. The molecule has 3 unspecified atom stereocenters. The lowest BCUT2D eigenvalue weighted by molar-refractivity contribution is -0.321. The second-order valence-electron chi connectivity index (χ2n) is 9.70. The first kappa shape index (κ1) is 24.9. The van der Waals surface area contributed by atoms with Gasteiger partial charge in [0.25, 0.3) is 5.91 Å². The Hall–Kier alpha value is -2.21. The molecule has 3 heterocycles. The topological polar surface area (TPSA) is 128 Å². The first-order valence-corrected chi connectivity index (χ1v) is 11.8. The number of likely N-dealkylation sites (tertiary alicyclic amines) is 1. The van der Waals surface area contributed by atoms with Gasteiger partial charge in [0.1, 0.15) is 18.2 Å². The van der Waals surface area contributed by atoms with E-state index in [1.807, 2.05) is 0 Å². The molecule has 3 N–H and O–H groups in total. The van der Waals surface area contributed by atoms with E-state index in [9.17, 15) is 32.3 Å². The van der Waals surface area contributed by atoms with Crippen LogP contribution in [0, 0.1) is 23.7 Å². The van der Waals surface area contributed by atoms with Crippen molar-refractivity contribution < 1.29 is 41.8 Å². The fraction of sp³-hybridized carbons (Fsp3) is 0.818. The highest BCUT2D eigenvalue weighted by molar-refractivity contribution is 5.99.